The minimum absolute atomic E-state index is 0.170. The van der Waals surface area contributed by atoms with Crippen LogP contribution in [0.25, 0.3) is 0 Å². The van der Waals surface area contributed by atoms with E-state index in [2.05, 4.69) is 24.8 Å². The number of nitrogens with zero attached hydrogens (tertiary/aromatic N) is 2. The molecule has 1 aromatic heterocycles. The molecule has 0 saturated carbocycles. The van der Waals surface area contributed by atoms with E-state index in [1.807, 2.05) is 4.90 Å². The van der Waals surface area contributed by atoms with Crippen molar-refractivity contribution >= 4 is 17.2 Å². The molecule has 112 valence electrons. The zero-order valence-corrected chi connectivity index (χ0v) is 13.2. The van der Waals surface area contributed by atoms with Gasteiger partial charge in [-0.15, -0.1) is 11.3 Å². The van der Waals surface area contributed by atoms with E-state index in [0.717, 1.165) is 43.9 Å². The summed E-state index contributed by atoms with van der Waals surface area (Å²) in [5, 5.41) is 8.93. The number of piperazine rings is 1. The average Bonchev–Trinajstić information content (AvgIpc) is 2.81. The number of β-amino-alcohol motifs (C(OH)–C–C–N with tert-alkyl or cyclic N) is 1. The van der Waals surface area contributed by atoms with Crippen LogP contribution in [-0.2, 0) is 6.42 Å². The fourth-order valence-corrected chi connectivity index (χ4v) is 3.65. The molecular weight excluding hydrogens is 272 g/mol. The molecule has 0 bridgehead atoms. The molecule has 5 heteroatoms. The third-order valence-electron chi connectivity index (χ3n) is 3.83. The van der Waals surface area contributed by atoms with Crippen LogP contribution in [0.5, 0.6) is 0 Å². The normalized spacial score (nSPS) is 16.6. The van der Waals surface area contributed by atoms with Gasteiger partial charge < -0.3 is 10.0 Å². The standard InChI is InChI=1S/C15H24N2O2S/c1-3-4-13-11-14(20-12(13)2)15(19)17-7-5-16(6-8-17)9-10-18/h11,18H,3-10H2,1-2H3. The Kier molecular flexibility index (Phi) is 5.57. The van der Waals surface area contributed by atoms with Crippen molar-refractivity contribution in [2.45, 2.75) is 26.7 Å². The first-order chi connectivity index (χ1) is 9.65. The molecule has 20 heavy (non-hydrogen) atoms. The minimum atomic E-state index is 0.170. The van der Waals surface area contributed by atoms with Gasteiger partial charge >= 0.3 is 0 Å². The lowest BCUT2D eigenvalue weighted by atomic mass is 10.1. The summed E-state index contributed by atoms with van der Waals surface area (Å²) in [5.74, 6) is 0.170. The lowest BCUT2D eigenvalue weighted by Gasteiger charge is -2.34. The summed E-state index contributed by atoms with van der Waals surface area (Å²) in [6.45, 7) is 8.42. The van der Waals surface area contributed by atoms with Gasteiger partial charge in [-0.3, -0.25) is 9.69 Å². The Balaban J connectivity index is 1.96. The van der Waals surface area contributed by atoms with Gasteiger partial charge in [0.05, 0.1) is 11.5 Å². The first-order valence-corrected chi connectivity index (χ1v) is 8.19. The summed E-state index contributed by atoms with van der Waals surface area (Å²) in [6, 6.07) is 2.08. The second-order valence-corrected chi connectivity index (χ2v) is 6.56. The first kappa shape index (κ1) is 15.5. The lowest BCUT2D eigenvalue weighted by Crippen LogP contribution is -2.49. The molecule has 1 amide bonds. The third-order valence-corrected chi connectivity index (χ3v) is 4.91. The predicted molar refractivity (Wildman–Crippen MR) is 82.5 cm³/mol. The second kappa shape index (κ2) is 7.20. The van der Waals surface area contributed by atoms with Crippen LogP contribution in [0.3, 0.4) is 0 Å². The van der Waals surface area contributed by atoms with Gasteiger partial charge in [0.2, 0.25) is 0 Å². The van der Waals surface area contributed by atoms with Crippen LogP contribution in [0.1, 0.15) is 33.5 Å². The van der Waals surface area contributed by atoms with Crippen LogP contribution in [0.4, 0.5) is 0 Å². The summed E-state index contributed by atoms with van der Waals surface area (Å²) < 4.78 is 0. The molecule has 0 aromatic carbocycles. The largest absolute Gasteiger partial charge is 0.395 e. The molecule has 0 atom stereocenters. The van der Waals surface area contributed by atoms with E-state index in [-0.39, 0.29) is 12.5 Å². The maximum Gasteiger partial charge on any atom is 0.264 e. The van der Waals surface area contributed by atoms with E-state index in [1.165, 1.54) is 10.4 Å². The van der Waals surface area contributed by atoms with Gasteiger partial charge in [-0.1, -0.05) is 13.3 Å². The molecule has 0 unspecified atom stereocenters. The van der Waals surface area contributed by atoms with Crippen molar-refractivity contribution in [3.05, 3.63) is 21.4 Å². The molecule has 1 aliphatic heterocycles. The Morgan fingerprint density at radius 1 is 1.35 bits per heavy atom. The molecule has 4 nitrogen and oxygen atoms in total. The SMILES string of the molecule is CCCc1cc(C(=O)N2CCN(CCO)CC2)sc1C. The molecular formula is C15H24N2O2S. The van der Waals surface area contributed by atoms with Gasteiger partial charge in [0.25, 0.3) is 5.91 Å². The van der Waals surface area contributed by atoms with Crippen LogP contribution in [0.2, 0.25) is 0 Å². The maximum atomic E-state index is 12.5. The summed E-state index contributed by atoms with van der Waals surface area (Å²) in [6.07, 6.45) is 2.17. The summed E-state index contributed by atoms with van der Waals surface area (Å²) in [7, 11) is 0. The van der Waals surface area contributed by atoms with Crippen molar-refractivity contribution in [3.63, 3.8) is 0 Å². The van der Waals surface area contributed by atoms with Crippen LogP contribution < -0.4 is 0 Å². The Morgan fingerprint density at radius 3 is 2.65 bits per heavy atom. The van der Waals surface area contributed by atoms with Crippen molar-refractivity contribution < 1.29 is 9.90 Å². The quantitative estimate of drug-likeness (QED) is 0.900. The fourth-order valence-electron chi connectivity index (χ4n) is 2.61. The van der Waals surface area contributed by atoms with Gasteiger partial charge in [-0.2, -0.15) is 0 Å². The number of carbonyl (C=O) groups excluding carboxylic acids is 1. The molecule has 2 heterocycles. The van der Waals surface area contributed by atoms with E-state index < -0.39 is 0 Å². The average molecular weight is 296 g/mol. The molecule has 2 rings (SSSR count). The first-order valence-electron chi connectivity index (χ1n) is 7.37. The highest BCUT2D eigenvalue weighted by Gasteiger charge is 2.23. The topological polar surface area (TPSA) is 43.8 Å². The number of aliphatic hydroxyl groups is 1. The van der Waals surface area contributed by atoms with Crippen LogP contribution in [0, 0.1) is 6.92 Å². The number of thiophene rings is 1. The van der Waals surface area contributed by atoms with E-state index in [4.69, 9.17) is 5.11 Å². The van der Waals surface area contributed by atoms with Gasteiger partial charge in [0.1, 0.15) is 0 Å². The molecule has 1 saturated heterocycles. The summed E-state index contributed by atoms with van der Waals surface area (Å²) >= 11 is 1.62. The molecule has 1 fully saturated rings. The van der Waals surface area contributed by atoms with Gasteiger partial charge in [-0.25, -0.2) is 0 Å². The van der Waals surface area contributed by atoms with Gasteiger partial charge in [0, 0.05) is 37.6 Å². The molecule has 0 spiro atoms. The van der Waals surface area contributed by atoms with Crippen molar-refractivity contribution in [2.24, 2.45) is 0 Å². The highest BCUT2D eigenvalue weighted by Crippen LogP contribution is 2.24. The Hall–Kier alpha value is -0.910. The monoisotopic (exact) mass is 296 g/mol. The second-order valence-electron chi connectivity index (χ2n) is 5.30. The van der Waals surface area contributed by atoms with E-state index >= 15 is 0 Å². The zero-order valence-electron chi connectivity index (χ0n) is 12.4. The number of amides is 1. The molecule has 1 N–H and O–H groups in total. The number of rotatable bonds is 5. The number of hydrogen-bond acceptors (Lipinski definition) is 4. The van der Waals surface area contributed by atoms with E-state index in [1.54, 1.807) is 11.3 Å². The van der Waals surface area contributed by atoms with E-state index in [0.29, 0.717) is 6.54 Å². The number of aliphatic hydroxyl groups excluding tert-OH is 1. The smallest absolute Gasteiger partial charge is 0.264 e. The highest BCUT2D eigenvalue weighted by molar-refractivity contribution is 7.14. The maximum absolute atomic E-state index is 12.5. The van der Waals surface area contributed by atoms with Gasteiger partial charge in [0.15, 0.2) is 0 Å². The van der Waals surface area contributed by atoms with Gasteiger partial charge in [-0.05, 0) is 25.0 Å². The van der Waals surface area contributed by atoms with Crippen LogP contribution in [0.15, 0.2) is 6.07 Å². The Morgan fingerprint density at radius 2 is 2.05 bits per heavy atom. The molecule has 1 aromatic rings. The summed E-state index contributed by atoms with van der Waals surface area (Å²) in [4.78, 5) is 18.8. The van der Waals surface area contributed by atoms with Crippen LogP contribution in [-0.4, -0.2) is 60.1 Å². The van der Waals surface area contributed by atoms with E-state index in [9.17, 15) is 4.79 Å². The van der Waals surface area contributed by atoms with Crippen LogP contribution >= 0.6 is 11.3 Å². The number of hydrogen-bond donors (Lipinski definition) is 1. The van der Waals surface area contributed by atoms with Crippen molar-refractivity contribution in [3.8, 4) is 0 Å². The fraction of sp³-hybridized carbons (Fsp3) is 0.667. The van der Waals surface area contributed by atoms with Crippen molar-refractivity contribution in [1.82, 2.24) is 9.80 Å². The number of carbonyl (C=O) groups is 1. The lowest BCUT2D eigenvalue weighted by molar-refractivity contribution is 0.0619. The Bertz CT molecular complexity index is 451. The predicted octanol–water partition coefficient (Wildman–Crippen LogP) is 1.76. The Labute approximate surface area is 125 Å². The highest BCUT2D eigenvalue weighted by atomic mass is 32.1. The number of aryl methyl sites for hydroxylation is 2. The zero-order chi connectivity index (χ0) is 14.5. The summed E-state index contributed by atoms with van der Waals surface area (Å²) in [5.41, 5.74) is 1.32. The molecule has 1 aliphatic rings. The molecule has 0 aliphatic carbocycles. The minimum Gasteiger partial charge on any atom is -0.395 e. The molecule has 0 radical (unpaired) electrons. The third kappa shape index (κ3) is 3.59. The van der Waals surface area contributed by atoms with Crippen molar-refractivity contribution in [2.75, 3.05) is 39.3 Å². The van der Waals surface area contributed by atoms with Crippen molar-refractivity contribution in [1.29, 1.82) is 0 Å².